The molecule has 0 radical (unpaired) electrons. The van der Waals surface area contributed by atoms with E-state index in [1.54, 1.807) is 0 Å². The van der Waals surface area contributed by atoms with Crippen molar-refractivity contribution in [2.45, 2.75) is 59.0 Å². The number of hydrogen-bond donors (Lipinski definition) is 1. The van der Waals surface area contributed by atoms with E-state index in [-0.39, 0.29) is 6.10 Å². The predicted octanol–water partition coefficient (Wildman–Crippen LogP) is 3.71. The maximum Gasteiger partial charge on any atom is 0.0568 e. The van der Waals surface area contributed by atoms with Crippen LogP contribution in [0.25, 0.3) is 0 Å². The first-order valence-electron chi connectivity index (χ1n) is 6.82. The monoisotopic (exact) mass is 232 g/mol. The summed E-state index contributed by atoms with van der Waals surface area (Å²) in [5, 5.41) is 9.85. The molecule has 0 saturated heterocycles. The summed E-state index contributed by atoms with van der Waals surface area (Å²) >= 11 is 0. The molecule has 1 aromatic carbocycles. The van der Waals surface area contributed by atoms with Crippen LogP contribution in [0.4, 0.5) is 0 Å². The zero-order chi connectivity index (χ0) is 12.4. The van der Waals surface area contributed by atoms with Crippen LogP contribution in [-0.4, -0.2) is 11.2 Å². The maximum atomic E-state index is 9.85. The second-order valence-electron chi connectivity index (χ2n) is 5.67. The second-order valence-corrected chi connectivity index (χ2v) is 5.67. The summed E-state index contributed by atoms with van der Waals surface area (Å²) in [7, 11) is 0. The van der Waals surface area contributed by atoms with E-state index in [0.29, 0.717) is 5.92 Å². The lowest BCUT2D eigenvalue weighted by Crippen LogP contribution is -2.14. The fourth-order valence-electron chi connectivity index (χ4n) is 3.29. The van der Waals surface area contributed by atoms with Gasteiger partial charge in [-0.1, -0.05) is 24.1 Å². The van der Waals surface area contributed by atoms with Crippen LogP contribution in [0, 0.1) is 26.7 Å². The Morgan fingerprint density at radius 3 is 2.29 bits per heavy atom. The molecule has 1 N–H and O–H groups in total. The second kappa shape index (κ2) is 5.22. The van der Waals surface area contributed by atoms with Crippen LogP contribution in [-0.2, 0) is 6.42 Å². The number of benzene rings is 1. The van der Waals surface area contributed by atoms with Gasteiger partial charge in [-0.15, -0.1) is 0 Å². The molecule has 0 spiro atoms. The molecule has 1 aliphatic rings. The summed E-state index contributed by atoms with van der Waals surface area (Å²) < 4.78 is 0. The molecule has 2 atom stereocenters. The Morgan fingerprint density at radius 1 is 1.12 bits per heavy atom. The maximum absolute atomic E-state index is 9.85. The average molecular weight is 232 g/mol. The molecular weight excluding hydrogens is 208 g/mol. The highest BCUT2D eigenvalue weighted by Crippen LogP contribution is 2.30. The minimum absolute atomic E-state index is 0.0407. The largest absolute Gasteiger partial charge is 0.393 e. The molecule has 1 aliphatic carbocycles. The van der Waals surface area contributed by atoms with Crippen LogP contribution in [0.3, 0.4) is 0 Å². The Labute approximate surface area is 105 Å². The zero-order valence-corrected chi connectivity index (χ0v) is 11.3. The van der Waals surface area contributed by atoms with Crippen LogP contribution in [0.2, 0.25) is 0 Å². The molecule has 0 heterocycles. The number of aliphatic hydroxyl groups is 1. The molecular formula is C16H24O. The number of hydrogen-bond acceptors (Lipinski definition) is 1. The van der Waals surface area contributed by atoms with E-state index in [1.807, 2.05) is 0 Å². The van der Waals surface area contributed by atoms with Crippen molar-refractivity contribution in [2.24, 2.45) is 5.92 Å². The molecule has 94 valence electrons. The minimum atomic E-state index is -0.0407. The quantitative estimate of drug-likeness (QED) is 0.842. The Hall–Kier alpha value is -0.820. The zero-order valence-electron chi connectivity index (χ0n) is 11.3. The van der Waals surface area contributed by atoms with Gasteiger partial charge in [-0.2, -0.15) is 0 Å². The van der Waals surface area contributed by atoms with Crippen molar-refractivity contribution in [2.75, 3.05) is 0 Å². The lowest BCUT2D eigenvalue weighted by molar-refractivity contribution is 0.128. The predicted molar refractivity (Wildman–Crippen MR) is 72.3 cm³/mol. The Bertz CT molecular complexity index is 372. The molecule has 0 aromatic heterocycles. The first-order valence-corrected chi connectivity index (χ1v) is 6.82. The molecule has 1 aromatic rings. The number of aliphatic hydroxyl groups excluding tert-OH is 1. The van der Waals surface area contributed by atoms with Crippen LogP contribution >= 0.6 is 0 Å². The van der Waals surface area contributed by atoms with E-state index in [1.165, 1.54) is 35.1 Å². The Kier molecular flexibility index (Phi) is 3.88. The van der Waals surface area contributed by atoms with Crippen LogP contribution < -0.4 is 0 Å². The lowest BCUT2D eigenvalue weighted by Gasteiger charge is -2.16. The fraction of sp³-hybridized carbons (Fsp3) is 0.625. The lowest BCUT2D eigenvalue weighted by atomic mass is 9.91. The molecule has 0 aliphatic heterocycles. The highest BCUT2D eigenvalue weighted by Gasteiger charge is 2.24. The third-order valence-corrected chi connectivity index (χ3v) is 4.22. The minimum Gasteiger partial charge on any atom is -0.393 e. The molecule has 1 nitrogen and oxygen atoms in total. The smallest absolute Gasteiger partial charge is 0.0568 e. The van der Waals surface area contributed by atoms with Crippen molar-refractivity contribution >= 4 is 0 Å². The third kappa shape index (κ3) is 2.90. The van der Waals surface area contributed by atoms with Gasteiger partial charge in [0, 0.05) is 0 Å². The van der Waals surface area contributed by atoms with Gasteiger partial charge < -0.3 is 5.11 Å². The highest BCUT2D eigenvalue weighted by molar-refractivity contribution is 5.37. The summed E-state index contributed by atoms with van der Waals surface area (Å²) in [4.78, 5) is 0. The number of aryl methyl sites for hydroxylation is 3. The normalized spacial score (nSPS) is 24.2. The van der Waals surface area contributed by atoms with Crippen molar-refractivity contribution in [3.05, 3.63) is 34.4 Å². The standard InChI is InChI=1S/C16H24O/c1-11-9-12(2)15(13(3)10-11)8-7-14-5-4-6-16(14)17/h9-10,14,16-17H,4-8H2,1-3H3. The van der Waals surface area contributed by atoms with E-state index >= 15 is 0 Å². The summed E-state index contributed by atoms with van der Waals surface area (Å²) in [6.45, 7) is 6.57. The van der Waals surface area contributed by atoms with Crippen LogP contribution in [0.1, 0.15) is 47.9 Å². The van der Waals surface area contributed by atoms with Crippen molar-refractivity contribution in [1.82, 2.24) is 0 Å². The van der Waals surface area contributed by atoms with Crippen LogP contribution in [0.5, 0.6) is 0 Å². The molecule has 0 amide bonds. The first-order chi connectivity index (χ1) is 8.08. The molecule has 2 unspecified atom stereocenters. The van der Waals surface area contributed by atoms with Gasteiger partial charge in [0.2, 0.25) is 0 Å². The van der Waals surface area contributed by atoms with Gasteiger partial charge in [0.25, 0.3) is 0 Å². The van der Waals surface area contributed by atoms with Gasteiger partial charge in [-0.05, 0) is 69.1 Å². The Morgan fingerprint density at radius 2 is 1.76 bits per heavy atom. The fourth-order valence-corrected chi connectivity index (χ4v) is 3.29. The van der Waals surface area contributed by atoms with Gasteiger partial charge >= 0.3 is 0 Å². The SMILES string of the molecule is Cc1cc(C)c(CCC2CCCC2O)c(C)c1. The van der Waals surface area contributed by atoms with Gasteiger partial charge in [0.15, 0.2) is 0 Å². The van der Waals surface area contributed by atoms with Gasteiger partial charge in [0.05, 0.1) is 6.10 Å². The van der Waals surface area contributed by atoms with E-state index in [2.05, 4.69) is 32.9 Å². The molecule has 17 heavy (non-hydrogen) atoms. The third-order valence-electron chi connectivity index (χ3n) is 4.22. The summed E-state index contributed by atoms with van der Waals surface area (Å²) in [5.41, 5.74) is 5.67. The van der Waals surface area contributed by atoms with Crippen LogP contribution in [0.15, 0.2) is 12.1 Å². The molecule has 1 heteroatoms. The topological polar surface area (TPSA) is 20.2 Å². The van der Waals surface area contributed by atoms with Gasteiger partial charge in [-0.25, -0.2) is 0 Å². The summed E-state index contributed by atoms with van der Waals surface area (Å²) in [5.74, 6) is 0.537. The van der Waals surface area contributed by atoms with E-state index in [9.17, 15) is 5.11 Å². The van der Waals surface area contributed by atoms with Crippen molar-refractivity contribution in [3.8, 4) is 0 Å². The molecule has 2 rings (SSSR count). The van der Waals surface area contributed by atoms with E-state index in [0.717, 1.165) is 19.3 Å². The molecule has 1 fully saturated rings. The molecule has 1 saturated carbocycles. The van der Waals surface area contributed by atoms with Crippen molar-refractivity contribution < 1.29 is 5.11 Å². The van der Waals surface area contributed by atoms with Gasteiger partial charge in [-0.3, -0.25) is 0 Å². The molecule has 0 bridgehead atoms. The van der Waals surface area contributed by atoms with E-state index < -0.39 is 0 Å². The van der Waals surface area contributed by atoms with E-state index in [4.69, 9.17) is 0 Å². The summed E-state index contributed by atoms with van der Waals surface area (Å²) in [6, 6.07) is 4.54. The van der Waals surface area contributed by atoms with Gasteiger partial charge in [0.1, 0.15) is 0 Å². The van der Waals surface area contributed by atoms with Crippen molar-refractivity contribution in [3.63, 3.8) is 0 Å². The number of rotatable bonds is 3. The average Bonchev–Trinajstić information content (AvgIpc) is 2.62. The van der Waals surface area contributed by atoms with Crippen molar-refractivity contribution in [1.29, 1.82) is 0 Å². The highest BCUT2D eigenvalue weighted by atomic mass is 16.3. The Balaban J connectivity index is 2.04. The first kappa shape index (κ1) is 12.6. The summed E-state index contributed by atoms with van der Waals surface area (Å²) in [6.07, 6.45) is 5.66.